The molecule has 0 saturated heterocycles. The van der Waals surface area contributed by atoms with E-state index in [1.165, 1.54) is 5.56 Å². The summed E-state index contributed by atoms with van der Waals surface area (Å²) < 4.78 is 0. The van der Waals surface area contributed by atoms with Crippen molar-refractivity contribution in [3.05, 3.63) is 29.8 Å². The number of hydrogen-bond acceptors (Lipinski definition) is 3. The zero-order chi connectivity index (χ0) is 14.6. The third-order valence-electron chi connectivity index (χ3n) is 3.03. The molecule has 1 saturated carbocycles. The van der Waals surface area contributed by atoms with Crippen LogP contribution in [-0.4, -0.2) is 23.2 Å². The van der Waals surface area contributed by atoms with Crippen LogP contribution in [0.2, 0.25) is 0 Å². The van der Waals surface area contributed by atoms with Crippen LogP contribution in [0.1, 0.15) is 39.2 Å². The number of carbonyl (C=O) groups is 1. The van der Waals surface area contributed by atoms with Crippen LogP contribution in [0, 0.1) is 0 Å². The standard InChI is InChI=1S/C16H24N2OS/c1-16(2,3)17-10-12-5-4-6-14(9-12)20-11-15(19)18-13-7-8-13/h4-6,9,13,17H,7-8,10-11H2,1-3H3,(H,18,19). The predicted octanol–water partition coefficient (Wildman–Crippen LogP) is 2.95. The summed E-state index contributed by atoms with van der Waals surface area (Å²) in [5.41, 5.74) is 1.38. The van der Waals surface area contributed by atoms with Crippen molar-refractivity contribution < 1.29 is 4.79 Å². The summed E-state index contributed by atoms with van der Waals surface area (Å²) in [6, 6.07) is 8.85. The first-order chi connectivity index (χ1) is 9.42. The van der Waals surface area contributed by atoms with E-state index in [4.69, 9.17) is 0 Å². The summed E-state index contributed by atoms with van der Waals surface area (Å²) in [6.07, 6.45) is 2.29. The van der Waals surface area contributed by atoms with Crippen molar-refractivity contribution in [2.75, 3.05) is 5.75 Å². The van der Waals surface area contributed by atoms with Gasteiger partial charge < -0.3 is 10.6 Å². The Morgan fingerprint density at radius 1 is 1.35 bits per heavy atom. The second kappa shape index (κ2) is 6.64. The fourth-order valence-electron chi connectivity index (χ4n) is 1.76. The Hall–Kier alpha value is -1.00. The molecule has 1 fully saturated rings. The summed E-state index contributed by atoms with van der Waals surface area (Å²) >= 11 is 1.61. The van der Waals surface area contributed by atoms with E-state index in [0.717, 1.165) is 24.3 Å². The molecule has 20 heavy (non-hydrogen) atoms. The van der Waals surface area contributed by atoms with Gasteiger partial charge in [0.2, 0.25) is 5.91 Å². The smallest absolute Gasteiger partial charge is 0.230 e. The number of amides is 1. The van der Waals surface area contributed by atoms with Gasteiger partial charge in [-0.3, -0.25) is 4.79 Å². The largest absolute Gasteiger partial charge is 0.353 e. The maximum Gasteiger partial charge on any atom is 0.230 e. The average molecular weight is 292 g/mol. The maximum atomic E-state index is 11.7. The maximum absolute atomic E-state index is 11.7. The first kappa shape index (κ1) is 15.4. The minimum Gasteiger partial charge on any atom is -0.353 e. The number of thioether (sulfide) groups is 1. The average Bonchev–Trinajstić information content (AvgIpc) is 3.18. The third kappa shape index (κ3) is 5.97. The van der Waals surface area contributed by atoms with E-state index in [0.29, 0.717) is 11.8 Å². The number of benzene rings is 1. The lowest BCUT2D eigenvalue weighted by Gasteiger charge is -2.20. The molecule has 0 aromatic heterocycles. The van der Waals surface area contributed by atoms with Gasteiger partial charge >= 0.3 is 0 Å². The zero-order valence-corrected chi connectivity index (χ0v) is 13.3. The molecule has 2 rings (SSSR count). The van der Waals surface area contributed by atoms with Gasteiger partial charge in [-0.2, -0.15) is 0 Å². The molecule has 1 aliphatic carbocycles. The molecule has 0 spiro atoms. The summed E-state index contributed by atoms with van der Waals surface area (Å²) in [4.78, 5) is 12.8. The SMILES string of the molecule is CC(C)(C)NCc1cccc(SCC(=O)NC2CC2)c1. The van der Waals surface area contributed by atoms with Gasteiger partial charge in [0.05, 0.1) is 5.75 Å². The van der Waals surface area contributed by atoms with Crippen molar-refractivity contribution in [2.24, 2.45) is 0 Å². The first-order valence-corrected chi connectivity index (χ1v) is 8.17. The predicted molar refractivity (Wildman–Crippen MR) is 84.9 cm³/mol. The lowest BCUT2D eigenvalue weighted by Crippen LogP contribution is -2.35. The van der Waals surface area contributed by atoms with Crippen molar-refractivity contribution in [3.8, 4) is 0 Å². The van der Waals surface area contributed by atoms with Gasteiger partial charge in [-0.1, -0.05) is 12.1 Å². The monoisotopic (exact) mass is 292 g/mol. The lowest BCUT2D eigenvalue weighted by atomic mass is 10.1. The molecule has 0 radical (unpaired) electrons. The van der Waals surface area contributed by atoms with Crippen molar-refractivity contribution in [1.82, 2.24) is 10.6 Å². The Morgan fingerprint density at radius 3 is 2.75 bits per heavy atom. The van der Waals surface area contributed by atoms with E-state index < -0.39 is 0 Å². The second-order valence-corrected chi connectivity index (χ2v) is 7.43. The van der Waals surface area contributed by atoms with Crippen LogP contribution in [0.5, 0.6) is 0 Å². The molecule has 110 valence electrons. The molecular formula is C16H24N2OS. The van der Waals surface area contributed by atoms with Crippen LogP contribution in [0.25, 0.3) is 0 Å². The van der Waals surface area contributed by atoms with E-state index in [-0.39, 0.29) is 11.4 Å². The van der Waals surface area contributed by atoms with Crippen molar-refractivity contribution in [3.63, 3.8) is 0 Å². The fraction of sp³-hybridized carbons (Fsp3) is 0.562. The molecule has 0 heterocycles. The molecule has 1 aromatic rings. The molecule has 0 atom stereocenters. The van der Waals surface area contributed by atoms with Gasteiger partial charge in [-0.05, 0) is 51.3 Å². The van der Waals surface area contributed by atoms with Crippen molar-refractivity contribution in [2.45, 2.75) is 56.6 Å². The van der Waals surface area contributed by atoms with Crippen LogP contribution in [0.4, 0.5) is 0 Å². The van der Waals surface area contributed by atoms with Crippen LogP contribution >= 0.6 is 11.8 Å². The van der Waals surface area contributed by atoms with E-state index in [9.17, 15) is 4.79 Å². The van der Waals surface area contributed by atoms with E-state index in [2.05, 4.69) is 55.7 Å². The highest BCUT2D eigenvalue weighted by Gasteiger charge is 2.22. The molecule has 1 aromatic carbocycles. The third-order valence-corrected chi connectivity index (χ3v) is 4.03. The molecule has 4 heteroatoms. The minimum absolute atomic E-state index is 0.118. The Balaban J connectivity index is 1.80. The molecule has 1 aliphatic rings. The molecule has 0 aliphatic heterocycles. The number of rotatable bonds is 6. The normalized spacial score (nSPS) is 15.2. The molecule has 2 N–H and O–H groups in total. The lowest BCUT2D eigenvalue weighted by molar-refractivity contribution is -0.118. The molecule has 0 unspecified atom stereocenters. The Bertz CT molecular complexity index is 464. The summed E-state index contributed by atoms with van der Waals surface area (Å²) in [5.74, 6) is 0.655. The van der Waals surface area contributed by atoms with Gasteiger partial charge in [-0.25, -0.2) is 0 Å². The second-order valence-electron chi connectivity index (χ2n) is 6.38. The highest BCUT2D eigenvalue weighted by molar-refractivity contribution is 8.00. The Kier molecular flexibility index (Phi) is 5.11. The summed E-state index contributed by atoms with van der Waals surface area (Å²) in [5, 5.41) is 6.49. The Morgan fingerprint density at radius 2 is 2.10 bits per heavy atom. The van der Waals surface area contributed by atoms with Crippen molar-refractivity contribution in [1.29, 1.82) is 0 Å². The number of nitrogens with one attached hydrogen (secondary N) is 2. The highest BCUT2D eigenvalue weighted by atomic mass is 32.2. The van der Waals surface area contributed by atoms with Crippen LogP contribution in [-0.2, 0) is 11.3 Å². The van der Waals surface area contributed by atoms with E-state index in [1.807, 2.05) is 0 Å². The van der Waals surface area contributed by atoms with Crippen LogP contribution in [0.15, 0.2) is 29.2 Å². The van der Waals surface area contributed by atoms with Gasteiger partial charge in [-0.15, -0.1) is 11.8 Å². The fourth-order valence-corrected chi connectivity index (χ4v) is 2.55. The highest BCUT2D eigenvalue weighted by Crippen LogP contribution is 2.21. The molecular weight excluding hydrogens is 268 g/mol. The molecule has 0 bridgehead atoms. The molecule has 3 nitrogen and oxygen atoms in total. The quantitative estimate of drug-likeness (QED) is 0.792. The molecule has 1 amide bonds. The van der Waals surface area contributed by atoms with Gasteiger partial charge in [0.25, 0.3) is 0 Å². The summed E-state index contributed by atoms with van der Waals surface area (Å²) in [7, 11) is 0. The van der Waals surface area contributed by atoms with Crippen LogP contribution in [0.3, 0.4) is 0 Å². The summed E-state index contributed by atoms with van der Waals surface area (Å²) in [6.45, 7) is 7.33. The number of hydrogen-bond donors (Lipinski definition) is 2. The topological polar surface area (TPSA) is 41.1 Å². The minimum atomic E-state index is 0.118. The first-order valence-electron chi connectivity index (χ1n) is 7.18. The number of carbonyl (C=O) groups excluding carboxylic acids is 1. The van der Waals surface area contributed by atoms with Gasteiger partial charge in [0.1, 0.15) is 0 Å². The van der Waals surface area contributed by atoms with E-state index in [1.54, 1.807) is 11.8 Å². The van der Waals surface area contributed by atoms with Crippen molar-refractivity contribution >= 4 is 17.7 Å². The Labute approximate surface area is 125 Å². The van der Waals surface area contributed by atoms with Crippen LogP contribution < -0.4 is 10.6 Å². The zero-order valence-electron chi connectivity index (χ0n) is 12.5. The van der Waals surface area contributed by atoms with Gasteiger partial charge in [0.15, 0.2) is 0 Å². The van der Waals surface area contributed by atoms with E-state index >= 15 is 0 Å². The van der Waals surface area contributed by atoms with Gasteiger partial charge in [0, 0.05) is 23.0 Å².